The molecule has 3 N–H and O–H groups in total. The van der Waals surface area contributed by atoms with Gasteiger partial charge in [-0.1, -0.05) is 19.1 Å². The first-order valence-electron chi connectivity index (χ1n) is 5.84. The van der Waals surface area contributed by atoms with Crippen LogP contribution < -0.4 is 10.5 Å². The summed E-state index contributed by atoms with van der Waals surface area (Å²) < 4.78 is 26.3. The average Bonchev–Trinajstić information content (AvgIpc) is 2.38. The van der Waals surface area contributed by atoms with Crippen LogP contribution in [-0.4, -0.2) is 27.3 Å². The summed E-state index contributed by atoms with van der Waals surface area (Å²) in [5.74, 6) is -0.0750. The molecule has 1 rings (SSSR count). The fourth-order valence-electron chi connectivity index (χ4n) is 1.43. The second kappa shape index (κ2) is 8.27. The van der Waals surface area contributed by atoms with Crippen LogP contribution in [0.4, 0.5) is 0 Å². The first-order valence-corrected chi connectivity index (χ1v) is 7.32. The lowest BCUT2D eigenvalue weighted by Crippen LogP contribution is -2.26. The first kappa shape index (κ1) is 18.0. The number of hydrogen-bond acceptors (Lipinski definition) is 4. The SMILES string of the molecule is CCC(=O)c1cccc(S(=O)(=O)NCCCN)c1.Cl. The Morgan fingerprint density at radius 1 is 1.37 bits per heavy atom. The van der Waals surface area contributed by atoms with Crippen LogP contribution in [0.5, 0.6) is 0 Å². The number of sulfonamides is 1. The third-order valence-electron chi connectivity index (χ3n) is 2.46. The van der Waals surface area contributed by atoms with Gasteiger partial charge >= 0.3 is 0 Å². The highest BCUT2D eigenvalue weighted by atomic mass is 35.5. The maximum Gasteiger partial charge on any atom is 0.240 e. The number of Topliss-reactive ketones (excluding diaryl/α,β-unsaturated/α-hetero) is 1. The monoisotopic (exact) mass is 306 g/mol. The summed E-state index contributed by atoms with van der Waals surface area (Å²) in [4.78, 5) is 11.6. The molecule has 108 valence electrons. The second-order valence-electron chi connectivity index (χ2n) is 3.84. The van der Waals surface area contributed by atoms with E-state index in [1.165, 1.54) is 12.1 Å². The van der Waals surface area contributed by atoms with Gasteiger partial charge in [-0.15, -0.1) is 12.4 Å². The fraction of sp³-hybridized carbons (Fsp3) is 0.417. The maximum absolute atomic E-state index is 11.9. The molecule has 5 nitrogen and oxygen atoms in total. The van der Waals surface area contributed by atoms with Crippen LogP contribution in [0, 0.1) is 0 Å². The molecule has 7 heteroatoms. The van der Waals surface area contributed by atoms with E-state index in [9.17, 15) is 13.2 Å². The predicted molar refractivity (Wildman–Crippen MR) is 77.2 cm³/mol. The van der Waals surface area contributed by atoms with Crippen molar-refractivity contribution in [3.8, 4) is 0 Å². The molecule has 0 bridgehead atoms. The number of rotatable bonds is 7. The molecule has 0 atom stereocenters. The largest absolute Gasteiger partial charge is 0.330 e. The number of carbonyl (C=O) groups is 1. The third-order valence-corrected chi connectivity index (χ3v) is 3.92. The molecule has 0 aliphatic heterocycles. The molecule has 0 unspecified atom stereocenters. The van der Waals surface area contributed by atoms with Crippen LogP contribution >= 0.6 is 12.4 Å². The molecular weight excluding hydrogens is 288 g/mol. The van der Waals surface area contributed by atoms with E-state index >= 15 is 0 Å². The number of hydrogen-bond donors (Lipinski definition) is 2. The van der Waals surface area contributed by atoms with Crippen molar-refractivity contribution in [2.24, 2.45) is 5.73 Å². The van der Waals surface area contributed by atoms with Gasteiger partial charge in [-0.05, 0) is 25.1 Å². The van der Waals surface area contributed by atoms with Gasteiger partial charge in [0.1, 0.15) is 0 Å². The van der Waals surface area contributed by atoms with E-state index in [0.717, 1.165) is 0 Å². The standard InChI is InChI=1S/C12H18N2O3S.ClH/c1-2-12(15)10-5-3-6-11(9-10)18(16,17)14-8-4-7-13;/h3,5-6,9,14H,2,4,7-8,13H2,1H3;1H. The van der Waals surface area contributed by atoms with Gasteiger partial charge in [-0.2, -0.15) is 0 Å². The van der Waals surface area contributed by atoms with Gasteiger partial charge in [0, 0.05) is 18.5 Å². The minimum Gasteiger partial charge on any atom is -0.330 e. The van der Waals surface area contributed by atoms with Crippen molar-refractivity contribution in [3.63, 3.8) is 0 Å². The second-order valence-corrected chi connectivity index (χ2v) is 5.61. The van der Waals surface area contributed by atoms with Crippen LogP contribution in [0.1, 0.15) is 30.1 Å². The van der Waals surface area contributed by atoms with Crippen molar-refractivity contribution in [2.75, 3.05) is 13.1 Å². The van der Waals surface area contributed by atoms with Crippen LogP contribution in [0.25, 0.3) is 0 Å². The fourth-order valence-corrected chi connectivity index (χ4v) is 2.55. The van der Waals surface area contributed by atoms with Crippen LogP contribution in [-0.2, 0) is 10.0 Å². The molecule has 0 spiro atoms. The highest BCUT2D eigenvalue weighted by molar-refractivity contribution is 7.89. The Labute approximate surface area is 120 Å². The zero-order valence-corrected chi connectivity index (χ0v) is 12.4. The summed E-state index contributed by atoms with van der Waals surface area (Å²) >= 11 is 0. The summed E-state index contributed by atoms with van der Waals surface area (Å²) in [6, 6.07) is 6.05. The van der Waals surface area contributed by atoms with Crippen LogP contribution in [0.2, 0.25) is 0 Å². The van der Waals surface area contributed by atoms with Crippen LogP contribution in [0.3, 0.4) is 0 Å². The number of benzene rings is 1. The topological polar surface area (TPSA) is 89.3 Å². The molecule has 19 heavy (non-hydrogen) atoms. The molecule has 0 aromatic heterocycles. The molecule has 0 saturated heterocycles. The number of nitrogens with one attached hydrogen (secondary N) is 1. The molecule has 0 amide bonds. The lowest BCUT2D eigenvalue weighted by molar-refractivity contribution is 0.0988. The van der Waals surface area contributed by atoms with Gasteiger partial charge < -0.3 is 5.73 Å². The van der Waals surface area contributed by atoms with Crippen molar-refractivity contribution in [1.29, 1.82) is 0 Å². The van der Waals surface area contributed by atoms with Gasteiger partial charge in [0.15, 0.2) is 5.78 Å². The van der Waals surface area contributed by atoms with E-state index in [-0.39, 0.29) is 23.1 Å². The third kappa shape index (κ3) is 5.28. The number of ketones is 1. The Balaban J connectivity index is 0.00000324. The molecule has 0 fully saturated rings. The maximum atomic E-state index is 11.9. The zero-order chi connectivity index (χ0) is 13.6. The molecule has 0 radical (unpaired) electrons. The number of carbonyl (C=O) groups excluding carboxylic acids is 1. The first-order chi connectivity index (χ1) is 8.51. The minimum atomic E-state index is -3.55. The molecule has 0 aliphatic carbocycles. The Morgan fingerprint density at radius 3 is 2.63 bits per heavy atom. The number of halogens is 1. The van der Waals surface area contributed by atoms with Crippen molar-refractivity contribution in [2.45, 2.75) is 24.7 Å². The molecule has 0 aliphatic rings. The summed E-state index contributed by atoms with van der Waals surface area (Å²) in [5, 5.41) is 0. The van der Waals surface area contributed by atoms with E-state index in [2.05, 4.69) is 4.72 Å². The van der Waals surface area contributed by atoms with Gasteiger partial charge in [0.05, 0.1) is 4.90 Å². The summed E-state index contributed by atoms with van der Waals surface area (Å²) in [6.45, 7) is 2.46. The highest BCUT2D eigenvalue weighted by Gasteiger charge is 2.14. The Kier molecular flexibility index (Phi) is 7.85. The van der Waals surface area contributed by atoms with Gasteiger partial charge in [0.25, 0.3) is 0 Å². The van der Waals surface area contributed by atoms with Crippen LogP contribution in [0.15, 0.2) is 29.2 Å². The average molecular weight is 307 g/mol. The Bertz CT molecular complexity index is 517. The quantitative estimate of drug-likeness (QED) is 0.587. The normalized spacial score (nSPS) is 10.8. The lowest BCUT2D eigenvalue weighted by atomic mass is 10.1. The number of nitrogens with two attached hydrogens (primary N) is 1. The lowest BCUT2D eigenvalue weighted by Gasteiger charge is -2.07. The molecular formula is C12H19ClN2O3S. The zero-order valence-electron chi connectivity index (χ0n) is 10.8. The predicted octanol–water partition coefficient (Wildman–Crippen LogP) is 1.33. The minimum absolute atomic E-state index is 0. The van der Waals surface area contributed by atoms with Crippen molar-refractivity contribution >= 4 is 28.2 Å². The van der Waals surface area contributed by atoms with Crippen molar-refractivity contribution < 1.29 is 13.2 Å². The molecule has 0 heterocycles. The highest BCUT2D eigenvalue weighted by Crippen LogP contribution is 2.12. The van der Waals surface area contributed by atoms with Crippen molar-refractivity contribution in [1.82, 2.24) is 4.72 Å². The van der Waals surface area contributed by atoms with E-state index in [1.54, 1.807) is 19.1 Å². The molecule has 1 aromatic carbocycles. The van der Waals surface area contributed by atoms with E-state index < -0.39 is 10.0 Å². The van der Waals surface area contributed by atoms with E-state index in [0.29, 0.717) is 31.5 Å². The van der Waals surface area contributed by atoms with Crippen molar-refractivity contribution in [3.05, 3.63) is 29.8 Å². The summed E-state index contributed by atoms with van der Waals surface area (Å²) in [7, 11) is -3.55. The van der Waals surface area contributed by atoms with Gasteiger partial charge in [-0.3, -0.25) is 4.79 Å². The molecule has 1 aromatic rings. The van der Waals surface area contributed by atoms with Gasteiger partial charge in [0.2, 0.25) is 10.0 Å². The molecule has 0 saturated carbocycles. The summed E-state index contributed by atoms with van der Waals surface area (Å²) in [6.07, 6.45) is 0.927. The Hall–Kier alpha value is -0.950. The van der Waals surface area contributed by atoms with E-state index in [4.69, 9.17) is 5.73 Å². The summed E-state index contributed by atoms with van der Waals surface area (Å²) in [5.41, 5.74) is 5.71. The Morgan fingerprint density at radius 2 is 2.05 bits per heavy atom. The van der Waals surface area contributed by atoms with Gasteiger partial charge in [-0.25, -0.2) is 13.1 Å². The van der Waals surface area contributed by atoms with E-state index in [1.807, 2.05) is 0 Å². The smallest absolute Gasteiger partial charge is 0.240 e.